The van der Waals surface area contributed by atoms with Gasteiger partial charge in [-0.3, -0.25) is 0 Å². The van der Waals surface area contributed by atoms with Gasteiger partial charge < -0.3 is 5.32 Å². The minimum Gasteiger partial charge on any atom is -0.308 e. The van der Waals surface area contributed by atoms with Crippen LogP contribution in [-0.2, 0) is 0 Å². The van der Waals surface area contributed by atoms with E-state index in [4.69, 9.17) is 0 Å². The second-order valence-corrected chi connectivity index (χ2v) is 4.78. The van der Waals surface area contributed by atoms with Crippen molar-refractivity contribution in [1.29, 1.82) is 0 Å². The monoisotopic (exact) mass is 281 g/mol. The van der Waals surface area contributed by atoms with Crippen LogP contribution in [0.1, 0.15) is 17.3 Å². The molecule has 0 amide bonds. The van der Waals surface area contributed by atoms with E-state index in [-0.39, 0.29) is 11.9 Å². The van der Waals surface area contributed by atoms with E-state index in [1.807, 2.05) is 54.2 Å². The molecule has 3 aromatic rings. The number of nitrogens with one attached hydrogen (secondary N) is 1. The Morgan fingerprint density at radius 2 is 1.86 bits per heavy atom. The van der Waals surface area contributed by atoms with Gasteiger partial charge in [-0.2, -0.15) is 5.10 Å². The summed E-state index contributed by atoms with van der Waals surface area (Å²) in [7, 11) is 1.86. The van der Waals surface area contributed by atoms with Gasteiger partial charge in [-0.15, -0.1) is 0 Å². The van der Waals surface area contributed by atoms with Crippen LogP contribution < -0.4 is 5.32 Å². The van der Waals surface area contributed by atoms with Crippen molar-refractivity contribution < 1.29 is 4.39 Å². The van der Waals surface area contributed by atoms with Crippen LogP contribution in [0, 0.1) is 5.82 Å². The first-order valence-corrected chi connectivity index (χ1v) is 6.81. The average molecular weight is 281 g/mol. The quantitative estimate of drug-likeness (QED) is 0.795. The highest BCUT2D eigenvalue weighted by molar-refractivity contribution is 5.36. The maximum absolute atomic E-state index is 13.5. The van der Waals surface area contributed by atoms with Gasteiger partial charge in [0.2, 0.25) is 0 Å². The molecular weight excluding hydrogens is 265 g/mol. The Bertz CT molecular complexity index is 722. The molecule has 0 radical (unpaired) electrons. The molecule has 0 bridgehead atoms. The van der Waals surface area contributed by atoms with E-state index in [0.717, 1.165) is 16.9 Å². The summed E-state index contributed by atoms with van der Waals surface area (Å²) in [5, 5.41) is 7.62. The SMILES string of the molecule is CNC(c1cccc(F)c1)c1ccnn1-c1ccccc1. The molecule has 21 heavy (non-hydrogen) atoms. The fourth-order valence-corrected chi connectivity index (χ4v) is 2.49. The number of aromatic nitrogens is 2. The molecule has 1 unspecified atom stereocenters. The minimum atomic E-state index is -0.237. The van der Waals surface area contributed by atoms with Crippen molar-refractivity contribution in [1.82, 2.24) is 15.1 Å². The molecule has 0 aliphatic carbocycles. The molecule has 3 rings (SSSR count). The van der Waals surface area contributed by atoms with E-state index in [2.05, 4.69) is 10.4 Å². The summed E-state index contributed by atoms with van der Waals surface area (Å²) in [6.07, 6.45) is 1.76. The number of nitrogens with zero attached hydrogens (tertiary/aromatic N) is 2. The van der Waals surface area contributed by atoms with Crippen LogP contribution in [-0.4, -0.2) is 16.8 Å². The fourth-order valence-electron chi connectivity index (χ4n) is 2.49. The Hall–Kier alpha value is -2.46. The van der Waals surface area contributed by atoms with Crippen molar-refractivity contribution in [3.05, 3.63) is 83.9 Å². The van der Waals surface area contributed by atoms with E-state index >= 15 is 0 Å². The number of benzene rings is 2. The van der Waals surface area contributed by atoms with Crippen molar-refractivity contribution in [2.45, 2.75) is 6.04 Å². The zero-order valence-corrected chi connectivity index (χ0v) is 11.7. The second kappa shape index (κ2) is 5.89. The normalized spacial score (nSPS) is 12.3. The van der Waals surface area contributed by atoms with E-state index in [1.165, 1.54) is 6.07 Å². The van der Waals surface area contributed by atoms with Crippen LogP contribution in [0.25, 0.3) is 5.69 Å². The van der Waals surface area contributed by atoms with Crippen LogP contribution >= 0.6 is 0 Å². The molecule has 0 aliphatic heterocycles. The lowest BCUT2D eigenvalue weighted by Crippen LogP contribution is -2.21. The van der Waals surface area contributed by atoms with Gasteiger partial charge in [-0.25, -0.2) is 9.07 Å². The Morgan fingerprint density at radius 1 is 1.05 bits per heavy atom. The van der Waals surface area contributed by atoms with Crippen molar-refractivity contribution >= 4 is 0 Å². The van der Waals surface area contributed by atoms with Crippen molar-refractivity contribution in [2.75, 3.05) is 7.05 Å². The molecule has 1 atom stereocenters. The lowest BCUT2D eigenvalue weighted by atomic mass is 10.0. The fraction of sp³-hybridized carbons (Fsp3) is 0.118. The average Bonchev–Trinajstić information content (AvgIpc) is 2.98. The Kier molecular flexibility index (Phi) is 3.79. The van der Waals surface area contributed by atoms with Crippen molar-refractivity contribution in [3.63, 3.8) is 0 Å². The van der Waals surface area contributed by atoms with E-state index in [9.17, 15) is 4.39 Å². The van der Waals surface area contributed by atoms with Crippen LogP contribution in [0.2, 0.25) is 0 Å². The first-order valence-electron chi connectivity index (χ1n) is 6.81. The highest BCUT2D eigenvalue weighted by Crippen LogP contribution is 2.24. The van der Waals surface area contributed by atoms with Gasteiger partial charge in [0.15, 0.2) is 0 Å². The van der Waals surface area contributed by atoms with Gasteiger partial charge in [0, 0.05) is 6.20 Å². The number of rotatable bonds is 4. The summed E-state index contributed by atoms with van der Waals surface area (Å²) in [4.78, 5) is 0. The van der Waals surface area contributed by atoms with Crippen LogP contribution in [0.4, 0.5) is 4.39 Å². The van der Waals surface area contributed by atoms with E-state index < -0.39 is 0 Å². The topological polar surface area (TPSA) is 29.9 Å². The maximum Gasteiger partial charge on any atom is 0.123 e. The molecule has 106 valence electrons. The van der Waals surface area contributed by atoms with Crippen LogP contribution in [0.15, 0.2) is 66.9 Å². The molecule has 1 aromatic heterocycles. The maximum atomic E-state index is 13.5. The van der Waals surface area contributed by atoms with Gasteiger partial charge in [0.25, 0.3) is 0 Å². The summed E-state index contributed by atoms with van der Waals surface area (Å²) in [5.74, 6) is -0.237. The Morgan fingerprint density at radius 3 is 2.57 bits per heavy atom. The third-order valence-electron chi connectivity index (χ3n) is 3.44. The predicted octanol–water partition coefficient (Wildman–Crippen LogP) is 3.32. The first kappa shape index (κ1) is 13.5. The number of hydrogen-bond acceptors (Lipinski definition) is 2. The number of hydrogen-bond donors (Lipinski definition) is 1. The third-order valence-corrected chi connectivity index (χ3v) is 3.44. The summed E-state index contributed by atoms with van der Waals surface area (Å²) in [5.41, 5.74) is 2.82. The summed E-state index contributed by atoms with van der Waals surface area (Å²) in [6, 6.07) is 18.3. The molecule has 1 N–H and O–H groups in total. The van der Waals surface area contributed by atoms with Crippen LogP contribution in [0.5, 0.6) is 0 Å². The zero-order valence-electron chi connectivity index (χ0n) is 11.7. The standard InChI is InChI=1S/C17H16FN3/c1-19-17(13-6-5-7-14(18)12-13)16-10-11-20-21(16)15-8-3-2-4-9-15/h2-12,17,19H,1H3. The molecule has 2 aromatic carbocycles. The Labute approximate surface area is 123 Å². The highest BCUT2D eigenvalue weighted by Gasteiger charge is 2.17. The molecule has 0 saturated carbocycles. The van der Waals surface area contributed by atoms with E-state index in [1.54, 1.807) is 18.3 Å². The molecule has 0 saturated heterocycles. The molecule has 1 heterocycles. The zero-order chi connectivity index (χ0) is 14.7. The minimum absolute atomic E-state index is 0.122. The number of para-hydroxylation sites is 1. The smallest absolute Gasteiger partial charge is 0.123 e. The third kappa shape index (κ3) is 2.71. The van der Waals surface area contributed by atoms with Gasteiger partial charge >= 0.3 is 0 Å². The first-order chi connectivity index (χ1) is 10.3. The molecule has 3 nitrogen and oxygen atoms in total. The van der Waals surface area contributed by atoms with Crippen LogP contribution in [0.3, 0.4) is 0 Å². The van der Waals surface area contributed by atoms with Gasteiger partial charge in [0.1, 0.15) is 5.82 Å². The molecule has 0 spiro atoms. The largest absolute Gasteiger partial charge is 0.308 e. The van der Waals surface area contributed by atoms with Gasteiger partial charge in [0.05, 0.1) is 17.4 Å². The lowest BCUT2D eigenvalue weighted by molar-refractivity contribution is 0.606. The molecule has 0 aliphatic rings. The second-order valence-electron chi connectivity index (χ2n) is 4.78. The Balaban J connectivity index is 2.05. The summed E-state index contributed by atoms with van der Waals surface area (Å²) >= 11 is 0. The molecular formula is C17H16FN3. The lowest BCUT2D eigenvalue weighted by Gasteiger charge is -2.18. The van der Waals surface area contributed by atoms with E-state index in [0.29, 0.717) is 0 Å². The highest BCUT2D eigenvalue weighted by atomic mass is 19.1. The summed E-state index contributed by atoms with van der Waals surface area (Å²) < 4.78 is 15.3. The number of halogens is 1. The summed E-state index contributed by atoms with van der Waals surface area (Å²) in [6.45, 7) is 0. The van der Waals surface area contributed by atoms with Crippen molar-refractivity contribution in [2.24, 2.45) is 0 Å². The van der Waals surface area contributed by atoms with Gasteiger partial charge in [-0.05, 0) is 42.9 Å². The molecule has 0 fully saturated rings. The molecule has 4 heteroatoms. The predicted molar refractivity (Wildman–Crippen MR) is 80.9 cm³/mol. The van der Waals surface area contributed by atoms with Gasteiger partial charge in [-0.1, -0.05) is 30.3 Å². The van der Waals surface area contributed by atoms with Crippen molar-refractivity contribution in [3.8, 4) is 5.69 Å².